The number of fused-ring (bicyclic) bond motifs is 1. The second-order valence-electron chi connectivity index (χ2n) is 6.66. The lowest BCUT2D eigenvalue weighted by atomic mass is 10.1. The minimum Gasteiger partial charge on any atom is -0.364 e. The van der Waals surface area contributed by atoms with Gasteiger partial charge in [0.1, 0.15) is 18.7 Å². The minimum atomic E-state index is -0.432. The number of rotatable bonds is 5. The fourth-order valence-corrected chi connectivity index (χ4v) is 3.38. The summed E-state index contributed by atoms with van der Waals surface area (Å²) in [6.07, 6.45) is 3.95. The van der Waals surface area contributed by atoms with Gasteiger partial charge in [0.25, 0.3) is 0 Å². The van der Waals surface area contributed by atoms with Gasteiger partial charge in [0.2, 0.25) is 5.91 Å². The minimum absolute atomic E-state index is 0.0999. The maximum absolute atomic E-state index is 11.8. The second-order valence-corrected chi connectivity index (χ2v) is 6.66. The van der Waals surface area contributed by atoms with Crippen LogP contribution >= 0.6 is 0 Å². The van der Waals surface area contributed by atoms with Crippen LogP contribution in [-0.4, -0.2) is 38.6 Å². The van der Waals surface area contributed by atoms with Gasteiger partial charge in [0.15, 0.2) is 17.0 Å². The van der Waals surface area contributed by atoms with E-state index in [0.717, 1.165) is 6.42 Å². The van der Waals surface area contributed by atoms with E-state index in [1.165, 1.54) is 17.5 Å². The first-order valence-corrected chi connectivity index (χ1v) is 8.99. The molecule has 2 N–H and O–H groups in total. The van der Waals surface area contributed by atoms with Crippen LogP contribution in [0.3, 0.4) is 0 Å². The van der Waals surface area contributed by atoms with Gasteiger partial charge in [-0.25, -0.2) is 15.0 Å². The summed E-state index contributed by atoms with van der Waals surface area (Å²) in [6.45, 7) is 2.72. The smallest absolute Gasteiger partial charge is 0.248 e. The van der Waals surface area contributed by atoms with Crippen molar-refractivity contribution in [3.05, 3.63) is 48.0 Å². The molecule has 8 heteroatoms. The maximum atomic E-state index is 11.8. The first-order valence-electron chi connectivity index (χ1n) is 8.99. The van der Waals surface area contributed by atoms with E-state index in [9.17, 15) is 4.79 Å². The maximum Gasteiger partial charge on any atom is 0.248 e. The molecule has 1 amide bonds. The highest BCUT2D eigenvalue weighted by molar-refractivity contribution is 5.83. The van der Waals surface area contributed by atoms with E-state index in [4.69, 9.17) is 4.74 Å². The van der Waals surface area contributed by atoms with Crippen molar-refractivity contribution in [3.8, 4) is 0 Å². The number of aromatic nitrogens is 4. The van der Waals surface area contributed by atoms with Crippen LogP contribution in [0.4, 0.5) is 5.82 Å². The molecular weight excluding hydrogens is 344 g/mol. The van der Waals surface area contributed by atoms with Crippen LogP contribution in [0, 0.1) is 6.92 Å². The molecule has 0 saturated carbocycles. The van der Waals surface area contributed by atoms with E-state index < -0.39 is 6.10 Å². The van der Waals surface area contributed by atoms with Crippen LogP contribution in [0.5, 0.6) is 0 Å². The number of likely N-dealkylation sites (N-methyl/N-ethyl adjacent to an activating group) is 1. The van der Waals surface area contributed by atoms with Crippen LogP contribution in [0.1, 0.15) is 30.2 Å². The molecule has 3 aromatic rings. The highest BCUT2D eigenvalue weighted by atomic mass is 16.5. The topological polar surface area (TPSA) is 94.0 Å². The lowest BCUT2D eigenvalue weighted by Gasteiger charge is -2.14. The summed E-state index contributed by atoms with van der Waals surface area (Å²) < 4.78 is 7.75. The van der Waals surface area contributed by atoms with E-state index in [2.05, 4.69) is 50.7 Å². The third-order valence-electron chi connectivity index (χ3n) is 4.75. The molecule has 1 fully saturated rings. The molecule has 1 aliphatic heterocycles. The average Bonchev–Trinajstić information content (AvgIpc) is 3.33. The van der Waals surface area contributed by atoms with Gasteiger partial charge < -0.3 is 15.4 Å². The Morgan fingerprint density at radius 1 is 1.30 bits per heavy atom. The normalized spacial score (nSPS) is 19.3. The third kappa shape index (κ3) is 3.48. The molecule has 2 atom stereocenters. The van der Waals surface area contributed by atoms with Gasteiger partial charge >= 0.3 is 0 Å². The Morgan fingerprint density at radius 2 is 2.19 bits per heavy atom. The van der Waals surface area contributed by atoms with Crippen molar-refractivity contribution in [1.29, 1.82) is 0 Å². The van der Waals surface area contributed by atoms with Crippen molar-refractivity contribution in [1.82, 2.24) is 24.8 Å². The predicted molar refractivity (Wildman–Crippen MR) is 101 cm³/mol. The lowest BCUT2D eigenvalue weighted by Crippen LogP contribution is -2.31. The fraction of sp³-hybridized carbons (Fsp3) is 0.368. The number of amides is 1. The molecule has 1 aliphatic rings. The number of benzene rings is 1. The summed E-state index contributed by atoms with van der Waals surface area (Å²) in [5, 5.41) is 5.97. The van der Waals surface area contributed by atoms with Gasteiger partial charge in [-0.3, -0.25) is 9.36 Å². The quantitative estimate of drug-likeness (QED) is 0.719. The highest BCUT2D eigenvalue weighted by Gasteiger charge is 2.32. The van der Waals surface area contributed by atoms with Gasteiger partial charge in [-0.05, 0) is 25.3 Å². The van der Waals surface area contributed by atoms with Gasteiger partial charge in [0, 0.05) is 13.6 Å². The van der Waals surface area contributed by atoms with E-state index in [0.29, 0.717) is 29.9 Å². The number of nitrogens with one attached hydrogen (secondary N) is 2. The molecule has 0 aliphatic carbocycles. The molecule has 8 nitrogen and oxygen atoms in total. The Kier molecular flexibility index (Phi) is 4.72. The summed E-state index contributed by atoms with van der Waals surface area (Å²) in [5.74, 6) is 0.582. The number of hydrogen-bond acceptors (Lipinski definition) is 6. The molecule has 2 unspecified atom stereocenters. The molecule has 27 heavy (non-hydrogen) atoms. The summed E-state index contributed by atoms with van der Waals surface area (Å²) in [4.78, 5) is 25.0. The molecule has 0 spiro atoms. The number of ether oxygens (including phenoxy) is 1. The molecule has 0 bridgehead atoms. The molecule has 2 aromatic heterocycles. The number of carbonyl (C=O) groups is 1. The molecule has 1 aromatic carbocycles. The molecule has 4 rings (SSSR count). The number of nitrogens with zero attached hydrogens (tertiary/aromatic N) is 4. The fourth-order valence-electron chi connectivity index (χ4n) is 3.38. The molecular formula is C19H22N6O2. The summed E-state index contributed by atoms with van der Waals surface area (Å²) in [6, 6.07) is 8.32. The van der Waals surface area contributed by atoms with Crippen molar-refractivity contribution in [2.24, 2.45) is 0 Å². The Labute approximate surface area is 157 Å². The van der Waals surface area contributed by atoms with Crippen LogP contribution < -0.4 is 10.6 Å². The number of anilines is 1. The monoisotopic (exact) mass is 366 g/mol. The summed E-state index contributed by atoms with van der Waals surface area (Å²) in [7, 11) is 1.62. The number of aryl methyl sites for hydroxylation is 1. The van der Waals surface area contributed by atoms with Crippen LogP contribution in [0.2, 0.25) is 0 Å². The predicted octanol–water partition coefficient (Wildman–Crippen LogP) is 2.17. The number of imidazole rings is 1. The molecule has 140 valence electrons. The van der Waals surface area contributed by atoms with E-state index in [1.54, 1.807) is 13.4 Å². The zero-order chi connectivity index (χ0) is 18.8. The largest absolute Gasteiger partial charge is 0.364 e. The van der Waals surface area contributed by atoms with Crippen LogP contribution in [-0.2, 0) is 16.1 Å². The van der Waals surface area contributed by atoms with E-state index in [1.807, 2.05) is 10.6 Å². The van der Waals surface area contributed by atoms with Crippen molar-refractivity contribution >= 4 is 22.9 Å². The first-order chi connectivity index (χ1) is 13.2. The SMILES string of the molecule is CNC(=O)C1CCC(n2cnc3c(NCc4cccc(C)c4)ncnc32)O1. The first kappa shape index (κ1) is 17.4. The zero-order valence-corrected chi connectivity index (χ0v) is 15.3. The molecule has 0 radical (unpaired) electrons. The van der Waals surface area contributed by atoms with Crippen molar-refractivity contribution in [3.63, 3.8) is 0 Å². The van der Waals surface area contributed by atoms with Gasteiger partial charge in [-0.15, -0.1) is 0 Å². The van der Waals surface area contributed by atoms with E-state index in [-0.39, 0.29) is 12.1 Å². The Bertz CT molecular complexity index is 970. The molecule has 1 saturated heterocycles. The number of carbonyl (C=O) groups excluding carboxylic acids is 1. The van der Waals surface area contributed by atoms with Gasteiger partial charge in [-0.1, -0.05) is 29.8 Å². The Morgan fingerprint density at radius 3 is 3.00 bits per heavy atom. The summed E-state index contributed by atoms with van der Waals surface area (Å²) in [5.41, 5.74) is 3.78. The Balaban J connectivity index is 1.54. The van der Waals surface area contributed by atoms with Gasteiger partial charge in [0.05, 0.1) is 6.33 Å². The third-order valence-corrected chi connectivity index (χ3v) is 4.75. The van der Waals surface area contributed by atoms with Crippen molar-refractivity contribution in [2.75, 3.05) is 12.4 Å². The molecule has 3 heterocycles. The van der Waals surface area contributed by atoms with Crippen molar-refractivity contribution < 1.29 is 9.53 Å². The van der Waals surface area contributed by atoms with Gasteiger partial charge in [-0.2, -0.15) is 0 Å². The lowest BCUT2D eigenvalue weighted by molar-refractivity contribution is -0.133. The second kappa shape index (κ2) is 7.32. The van der Waals surface area contributed by atoms with Crippen molar-refractivity contribution in [2.45, 2.75) is 38.6 Å². The average molecular weight is 366 g/mol. The number of hydrogen-bond donors (Lipinski definition) is 2. The standard InChI is InChI=1S/C19H22N6O2/c1-12-4-3-5-13(8-12)9-21-17-16-18(23-10-22-17)25(11-24-16)15-7-6-14(27-15)19(26)20-2/h3-5,8,10-11,14-15H,6-7,9H2,1-2H3,(H,20,26)(H,21,22,23). The zero-order valence-electron chi connectivity index (χ0n) is 15.3. The van der Waals surface area contributed by atoms with Crippen LogP contribution in [0.15, 0.2) is 36.9 Å². The van der Waals surface area contributed by atoms with E-state index >= 15 is 0 Å². The summed E-state index contributed by atoms with van der Waals surface area (Å²) >= 11 is 0. The highest BCUT2D eigenvalue weighted by Crippen LogP contribution is 2.31. The Hall–Kier alpha value is -3.00. The van der Waals surface area contributed by atoms with Crippen LogP contribution in [0.25, 0.3) is 11.2 Å².